The van der Waals surface area contributed by atoms with Crippen molar-refractivity contribution in [3.63, 3.8) is 0 Å². The molecule has 0 saturated carbocycles. The Hall–Kier alpha value is -1.69. The monoisotopic (exact) mass is 259 g/mol. The summed E-state index contributed by atoms with van der Waals surface area (Å²) in [6.07, 6.45) is -4.76. The van der Waals surface area contributed by atoms with Gasteiger partial charge >= 0.3 is 6.18 Å². The summed E-state index contributed by atoms with van der Waals surface area (Å²) in [4.78, 5) is 14.4. The van der Waals surface area contributed by atoms with E-state index in [1.165, 1.54) is 0 Å². The lowest BCUT2D eigenvalue weighted by Gasteiger charge is -2.09. The van der Waals surface area contributed by atoms with Gasteiger partial charge in [0.1, 0.15) is 0 Å². The van der Waals surface area contributed by atoms with Gasteiger partial charge < -0.3 is 5.11 Å². The number of Topliss-reactive ketones (excluding diaryl/α,β-unsaturated/α-hetero) is 1. The van der Waals surface area contributed by atoms with Crippen LogP contribution in [0.3, 0.4) is 0 Å². The molecule has 0 unspecified atom stereocenters. The topological polar surface area (TPSA) is 49.7 Å². The molecule has 18 heavy (non-hydrogen) atoms. The number of benzene rings is 1. The molecule has 0 fully saturated rings. The van der Waals surface area contributed by atoms with Crippen molar-refractivity contribution in [2.75, 3.05) is 6.61 Å². The molecule has 1 aromatic rings. The first-order chi connectivity index (χ1) is 8.45. The van der Waals surface area contributed by atoms with E-state index in [9.17, 15) is 18.0 Å². The fourth-order valence-electron chi connectivity index (χ4n) is 1.29. The number of aliphatic hydroxyl groups excluding tert-OH is 1. The molecule has 0 aliphatic carbocycles. The number of nitrogens with zero attached hydrogens (tertiary/aromatic N) is 1. The number of aliphatic imine (C=N–C) groups is 1. The molecule has 98 valence electrons. The maximum Gasteiger partial charge on any atom is 0.450 e. The molecule has 0 radical (unpaired) electrons. The number of halogens is 3. The highest BCUT2D eigenvalue weighted by atomic mass is 19.4. The molecule has 1 aromatic carbocycles. The second kappa shape index (κ2) is 6.30. The molecule has 6 heteroatoms. The Morgan fingerprint density at radius 3 is 2.44 bits per heavy atom. The van der Waals surface area contributed by atoms with Gasteiger partial charge in [-0.3, -0.25) is 9.79 Å². The molecule has 0 spiro atoms. The molecule has 1 atom stereocenters. The van der Waals surface area contributed by atoms with E-state index in [2.05, 4.69) is 4.99 Å². The Bertz CT molecular complexity index is 415. The highest BCUT2D eigenvalue weighted by molar-refractivity contribution is 5.95. The van der Waals surface area contributed by atoms with Crippen molar-refractivity contribution in [3.05, 3.63) is 35.9 Å². The Balaban J connectivity index is 2.62. The zero-order valence-electron chi connectivity index (χ0n) is 9.39. The van der Waals surface area contributed by atoms with E-state index in [0.717, 1.165) is 6.21 Å². The third-order valence-corrected chi connectivity index (χ3v) is 2.24. The first kappa shape index (κ1) is 14.4. The first-order valence-electron chi connectivity index (χ1n) is 5.22. The fourth-order valence-corrected chi connectivity index (χ4v) is 1.29. The number of rotatable bonds is 5. The molecule has 3 nitrogen and oxygen atoms in total. The van der Waals surface area contributed by atoms with Crippen LogP contribution in [0.2, 0.25) is 0 Å². The van der Waals surface area contributed by atoms with Gasteiger partial charge in [-0.1, -0.05) is 30.3 Å². The van der Waals surface area contributed by atoms with Crippen molar-refractivity contribution < 1.29 is 23.1 Å². The van der Waals surface area contributed by atoms with Gasteiger partial charge in [-0.2, -0.15) is 13.2 Å². The van der Waals surface area contributed by atoms with Crippen LogP contribution in [0.15, 0.2) is 35.3 Å². The highest BCUT2D eigenvalue weighted by Crippen LogP contribution is 2.18. The molecule has 0 bridgehead atoms. The normalized spacial score (nSPS) is 13.8. The molecular formula is C12H12F3NO2. The van der Waals surface area contributed by atoms with Crippen LogP contribution in [0.1, 0.15) is 18.0 Å². The molecular weight excluding hydrogens is 247 g/mol. The smallest absolute Gasteiger partial charge is 0.394 e. The summed E-state index contributed by atoms with van der Waals surface area (Å²) >= 11 is 0. The third kappa shape index (κ3) is 4.29. The van der Waals surface area contributed by atoms with Crippen LogP contribution in [0.4, 0.5) is 13.2 Å². The van der Waals surface area contributed by atoms with Crippen LogP contribution in [-0.4, -0.2) is 29.9 Å². The average molecular weight is 259 g/mol. The first-order valence-corrected chi connectivity index (χ1v) is 5.22. The summed E-state index contributed by atoms with van der Waals surface area (Å²) in [5.41, 5.74) is 0.677. The standard InChI is InChI=1S/C12H12F3NO2/c13-12(14,15)11(18)6-7-16-10(8-17)9-4-2-1-3-5-9/h1-5,7,10,17H,6,8H2/t10-/m0/s1. The maximum atomic E-state index is 11.9. The molecule has 0 heterocycles. The van der Waals surface area contributed by atoms with Crippen LogP contribution >= 0.6 is 0 Å². The summed E-state index contributed by atoms with van der Waals surface area (Å²) in [7, 11) is 0. The van der Waals surface area contributed by atoms with Crippen molar-refractivity contribution in [3.8, 4) is 0 Å². The quantitative estimate of drug-likeness (QED) is 0.825. The van der Waals surface area contributed by atoms with Crippen LogP contribution < -0.4 is 0 Å². The van der Waals surface area contributed by atoms with Crippen LogP contribution in [-0.2, 0) is 4.79 Å². The fraction of sp³-hybridized carbons (Fsp3) is 0.333. The van der Waals surface area contributed by atoms with Gasteiger partial charge in [0.05, 0.1) is 19.1 Å². The Morgan fingerprint density at radius 1 is 1.33 bits per heavy atom. The van der Waals surface area contributed by atoms with Crippen LogP contribution in [0, 0.1) is 0 Å². The highest BCUT2D eigenvalue weighted by Gasteiger charge is 2.36. The lowest BCUT2D eigenvalue weighted by atomic mass is 10.1. The van der Waals surface area contributed by atoms with E-state index in [4.69, 9.17) is 5.11 Å². The number of aliphatic hydroxyl groups is 1. The average Bonchev–Trinajstić information content (AvgIpc) is 2.34. The van der Waals surface area contributed by atoms with Gasteiger partial charge in [-0.25, -0.2) is 0 Å². The van der Waals surface area contributed by atoms with E-state index in [-0.39, 0.29) is 6.61 Å². The molecule has 1 N–H and O–H groups in total. The minimum Gasteiger partial charge on any atom is -0.394 e. The summed E-state index contributed by atoms with van der Waals surface area (Å²) in [5.74, 6) is -1.85. The summed E-state index contributed by atoms with van der Waals surface area (Å²) < 4.78 is 35.8. The summed E-state index contributed by atoms with van der Waals surface area (Å²) in [6.45, 7) is -0.333. The lowest BCUT2D eigenvalue weighted by Crippen LogP contribution is -2.22. The zero-order valence-corrected chi connectivity index (χ0v) is 9.39. The van der Waals surface area contributed by atoms with Crippen molar-refractivity contribution in [1.82, 2.24) is 0 Å². The van der Waals surface area contributed by atoms with E-state index in [0.29, 0.717) is 5.56 Å². The maximum absolute atomic E-state index is 11.9. The van der Waals surface area contributed by atoms with Gasteiger partial charge in [0.15, 0.2) is 0 Å². The van der Waals surface area contributed by atoms with Gasteiger partial charge in [0.25, 0.3) is 0 Å². The number of ketones is 1. The van der Waals surface area contributed by atoms with E-state index >= 15 is 0 Å². The van der Waals surface area contributed by atoms with Crippen molar-refractivity contribution in [2.24, 2.45) is 4.99 Å². The van der Waals surface area contributed by atoms with Gasteiger partial charge in [0, 0.05) is 6.21 Å². The SMILES string of the molecule is O=C(CC=N[C@@H](CO)c1ccccc1)C(F)(F)F. The number of hydrogen-bond acceptors (Lipinski definition) is 3. The minimum atomic E-state index is -4.84. The molecule has 0 aliphatic rings. The molecule has 0 aliphatic heterocycles. The predicted molar refractivity (Wildman–Crippen MR) is 60.4 cm³/mol. The van der Waals surface area contributed by atoms with Crippen LogP contribution in [0.5, 0.6) is 0 Å². The lowest BCUT2D eigenvalue weighted by molar-refractivity contribution is -0.169. The Labute approximate surface area is 102 Å². The van der Waals surface area contributed by atoms with Gasteiger partial charge in [0.2, 0.25) is 5.78 Å². The molecule has 1 rings (SSSR count). The third-order valence-electron chi connectivity index (χ3n) is 2.24. The Kier molecular flexibility index (Phi) is 5.03. The van der Waals surface area contributed by atoms with Crippen molar-refractivity contribution >= 4 is 12.0 Å². The van der Waals surface area contributed by atoms with Crippen molar-refractivity contribution in [1.29, 1.82) is 0 Å². The minimum absolute atomic E-state index is 0.333. The van der Waals surface area contributed by atoms with E-state index < -0.39 is 24.4 Å². The van der Waals surface area contributed by atoms with E-state index in [1.54, 1.807) is 30.3 Å². The summed E-state index contributed by atoms with van der Waals surface area (Å²) in [6, 6.07) is 7.98. The molecule has 0 saturated heterocycles. The number of alkyl halides is 3. The van der Waals surface area contributed by atoms with Gasteiger partial charge in [-0.05, 0) is 5.56 Å². The van der Waals surface area contributed by atoms with Gasteiger partial charge in [-0.15, -0.1) is 0 Å². The largest absolute Gasteiger partial charge is 0.450 e. The second-order valence-electron chi connectivity index (χ2n) is 3.57. The zero-order chi connectivity index (χ0) is 13.6. The number of carbonyl (C=O) groups is 1. The molecule has 0 amide bonds. The van der Waals surface area contributed by atoms with E-state index in [1.807, 2.05) is 0 Å². The van der Waals surface area contributed by atoms with Crippen LogP contribution in [0.25, 0.3) is 0 Å². The summed E-state index contributed by atoms with van der Waals surface area (Å²) in [5, 5.41) is 9.08. The Morgan fingerprint density at radius 2 is 1.94 bits per heavy atom. The van der Waals surface area contributed by atoms with Crippen molar-refractivity contribution in [2.45, 2.75) is 18.6 Å². The molecule has 0 aromatic heterocycles. The number of hydrogen-bond donors (Lipinski definition) is 1. The second-order valence-corrected chi connectivity index (χ2v) is 3.57. The number of carbonyl (C=O) groups excluding carboxylic acids is 1. The predicted octanol–water partition coefficient (Wildman–Crippen LogP) is 2.31.